The molecule has 106 valence electrons. The molecule has 1 aromatic heterocycles. The minimum Gasteiger partial charge on any atom is -0.478 e. The van der Waals surface area contributed by atoms with Crippen molar-refractivity contribution < 1.29 is 14.3 Å². The Morgan fingerprint density at radius 1 is 1.47 bits per heavy atom. The second-order valence-electron chi connectivity index (χ2n) is 3.99. The largest absolute Gasteiger partial charge is 0.478 e. The predicted octanol–water partition coefficient (Wildman–Crippen LogP) is 2.24. The number of pyridine rings is 1. The summed E-state index contributed by atoms with van der Waals surface area (Å²) in [6.07, 6.45) is 0.765. The molecule has 1 rings (SSSR count). The fraction of sp³-hybridized carbons (Fsp3) is 0.538. The van der Waals surface area contributed by atoms with Gasteiger partial charge in [-0.2, -0.15) is 0 Å². The molecule has 19 heavy (non-hydrogen) atoms. The van der Waals surface area contributed by atoms with Crippen LogP contribution in [0.3, 0.4) is 0 Å². The number of rotatable bonds is 7. The lowest BCUT2D eigenvalue weighted by Gasteiger charge is -2.17. The molecular formula is C13H19ClN2O3. The predicted molar refractivity (Wildman–Crippen MR) is 73.9 cm³/mol. The number of nitrogens with zero attached hydrogens (tertiary/aromatic N) is 2. The number of aromatic nitrogens is 1. The SMILES string of the molecule is CCOc1ccc(Cl)c(C(=O)N(C)CCCOC)n1. The fourth-order valence-electron chi connectivity index (χ4n) is 1.53. The maximum Gasteiger partial charge on any atom is 0.273 e. The van der Waals surface area contributed by atoms with Gasteiger partial charge in [-0.3, -0.25) is 4.79 Å². The number of halogens is 1. The third-order valence-electron chi connectivity index (χ3n) is 2.50. The summed E-state index contributed by atoms with van der Waals surface area (Å²) >= 11 is 6.01. The third kappa shape index (κ3) is 4.69. The van der Waals surface area contributed by atoms with Crippen LogP contribution in [0.1, 0.15) is 23.8 Å². The van der Waals surface area contributed by atoms with Gasteiger partial charge in [0.25, 0.3) is 5.91 Å². The summed E-state index contributed by atoms with van der Waals surface area (Å²) in [6, 6.07) is 3.27. The quantitative estimate of drug-likeness (QED) is 0.722. The topological polar surface area (TPSA) is 51.7 Å². The van der Waals surface area contributed by atoms with Crippen molar-refractivity contribution in [2.24, 2.45) is 0 Å². The Hall–Kier alpha value is -1.33. The van der Waals surface area contributed by atoms with Crippen LogP contribution in [0.25, 0.3) is 0 Å². The van der Waals surface area contributed by atoms with Crippen molar-refractivity contribution in [3.8, 4) is 5.88 Å². The average molecular weight is 287 g/mol. The molecule has 0 bridgehead atoms. The molecule has 1 aromatic rings. The summed E-state index contributed by atoms with van der Waals surface area (Å²) in [7, 11) is 3.34. The van der Waals surface area contributed by atoms with E-state index < -0.39 is 0 Å². The molecule has 1 heterocycles. The molecule has 0 aliphatic carbocycles. The molecule has 0 N–H and O–H groups in total. The first-order valence-electron chi connectivity index (χ1n) is 6.13. The van der Waals surface area contributed by atoms with Crippen LogP contribution in [-0.2, 0) is 4.74 Å². The summed E-state index contributed by atoms with van der Waals surface area (Å²) in [5, 5.41) is 0.326. The van der Waals surface area contributed by atoms with E-state index in [0.29, 0.717) is 30.7 Å². The van der Waals surface area contributed by atoms with Gasteiger partial charge in [-0.15, -0.1) is 0 Å². The van der Waals surface area contributed by atoms with Gasteiger partial charge in [0, 0.05) is 33.4 Å². The second kappa shape index (κ2) is 7.96. The molecule has 0 aliphatic heterocycles. The molecular weight excluding hydrogens is 268 g/mol. The van der Waals surface area contributed by atoms with Crippen LogP contribution in [0.15, 0.2) is 12.1 Å². The molecule has 0 unspecified atom stereocenters. The van der Waals surface area contributed by atoms with E-state index in [9.17, 15) is 4.79 Å². The molecule has 0 atom stereocenters. The van der Waals surface area contributed by atoms with Crippen LogP contribution in [0.5, 0.6) is 5.88 Å². The minimum absolute atomic E-state index is 0.215. The Morgan fingerprint density at radius 2 is 2.21 bits per heavy atom. The molecule has 0 fully saturated rings. The Bertz CT molecular complexity index is 426. The van der Waals surface area contributed by atoms with E-state index in [0.717, 1.165) is 6.42 Å². The summed E-state index contributed by atoms with van der Waals surface area (Å²) in [5.74, 6) is 0.184. The molecule has 0 aromatic carbocycles. The summed E-state index contributed by atoms with van der Waals surface area (Å²) in [6.45, 7) is 3.54. The van der Waals surface area contributed by atoms with Gasteiger partial charge >= 0.3 is 0 Å². The van der Waals surface area contributed by atoms with Crippen molar-refractivity contribution in [3.05, 3.63) is 22.8 Å². The molecule has 0 radical (unpaired) electrons. The van der Waals surface area contributed by atoms with E-state index in [-0.39, 0.29) is 11.6 Å². The number of hydrogen-bond donors (Lipinski definition) is 0. The highest BCUT2D eigenvalue weighted by molar-refractivity contribution is 6.33. The van der Waals surface area contributed by atoms with Crippen molar-refractivity contribution in [3.63, 3.8) is 0 Å². The van der Waals surface area contributed by atoms with Crippen molar-refractivity contribution in [1.82, 2.24) is 9.88 Å². The molecule has 0 saturated heterocycles. The number of methoxy groups -OCH3 is 1. The van der Waals surface area contributed by atoms with E-state index in [1.54, 1.807) is 31.2 Å². The smallest absolute Gasteiger partial charge is 0.273 e. The van der Waals surface area contributed by atoms with Gasteiger partial charge in [0.2, 0.25) is 5.88 Å². The van der Waals surface area contributed by atoms with Gasteiger partial charge in [-0.05, 0) is 19.4 Å². The Balaban J connectivity index is 2.76. The second-order valence-corrected chi connectivity index (χ2v) is 4.39. The van der Waals surface area contributed by atoms with E-state index in [2.05, 4.69) is 4.98 Å². The van der Waals surface area contributed by atoms with Crippen LogP contribution in [0.2, 0.25) is 5.02 Å². The summed E-state index contributed by atoms with van der Waals surface area (Å²) in [5.41, 5.74) is 0.215. The maximum atomic E-state index is 12.2. The molecule has 6 heteroatoms. The average Bonchev–Trinajstić information content (AvgIpc) is 2.40. The molecule has 0 spiro atoms. The lowest BCUT2D eigenvalue weighted by Crippen LogP contribution is -2.29. The van der Waals surface area contributed by atoms with Crippen LogP contribution in [0.4, 0.5) is 0 Å². The van der Waals surface area contributed by atoms with E-state index in [1.807, 2.05) is 6.92 Å². The lowest BCUT2D eigenvalue weighted by atomic mass is 10.3. The lowest BCUT2D eigenvalue weighted by molar-refractivity contribution is 0.0772. The minimum atomic E-state index is -0.220. The Kier molecular flexibility index (Phi) is 6.59. The van der Waals surface area contributed by atoms with E-state index in [1.165, 1.54) is 0 Å². The fourth-order valence-corrected chi connectivity index (χ4v) is 1.72. The van der Waals surface area contributed by atoms with Crippen molar-refractivity contribution in [1.29, 1.82) is 0 Å². The number of carbonyl (C=O) groups is 1. The van der Waals surface area contributed by atoms with Gasteiger partial charge in [-0.1, -0.05) is 11.6 Å². The van der Waals surface area contributed by atoms with Crippen molar-refractivity contribution >= 4 is 17.5 Å². The van der Waals surface area contributed by atoms with E-state index in [4.69, 9.17) is 21.1 Å². The highest BCUT2D eigenvalue weighted by Crippen LogP contribution is 2.19. The van der Waals surface area contributed by atoms with Crippen LogP contribution in [-0.4, -0.2) is 49.7 Å². The zero-order valence-corrected chi connectivity index (χ0v) is 12.2. The van der Waals surface area contributed by atoms with Gasteiger partial charge in [0.15, 0.2) is 5.69 Å². The number of ether oxygens (including phenoxy) is 2. The zero-order chi connectivity index (χ0) is 14.3. The first-order chi connectivity index (χ1) is 9.10. The van der Waals surface area contributed by atoms with Crippen LogP contribution in [0, 0.1) is 0 Å². The third-order valence-corrected chi connectivity index (χ3v) is 2.81. The normalized spacial score (nSPS) is 10.3. The van der Waals surface area contributed by atoms with Gasteiger partial charge in [0.05, 0.1) is 11.6 Å². The highest BCUT2D eigenvalue weighted by Gasteiger charge is 2.17. The number of hydrogen-bond acceptors (Lipinski definition) is 4. The zero-order valence-electron chi connectivity index (χ0n) is 11.5. The monoisotopic (exact) mass is 286 g/mol. The highest BCUT2D eigenvalue weighted by atomic mass is 35.5. The first-order valence-corrected chi connectivity index (χ1v) is 6.51. The number of carbonyl (C=O) groups excluding carboxylic acids is 1. The van der Waals surface area contributed by atoms with Gasteiger partial charge in [0.1, 0.15) is 0 Å². The van der Waals surface area contributed by atoms with Gasteiger partial charge < -0.3 is 14.4 Å². The summed E-state index contributed by atoms with van der Waals surface area (Å²) < 4.78 is 10.2. The Morgan fingerprint density at radius 3 is 2.84 bits per heavy atom. The maximum absolute atomic E-state index is 12.2. The van der Waals surface area contributed by atoms with E-state index >= 15 is 0 Å². The summed E-state index contributed by atoms with van der Waals surface area (Å²) in [4.78, 5) is 17.9. The molecule has 0 saturated carbocycles. The number of amides is 1. The molecule has 1 amide bonds. The van der Waals surface area contributed by atoms with Gasteiger partial charge in [-0.25, -0.2) is 4.98 Å². The van der Waals surface area contributed by atoms with Crippen molar-refractivity contribution in [2.45, 2.75) is 13.3 Å². The standard InChI is InChI=1S/C13H19ClN2O3/c1-4-19-11-7-6-10(14)12(15-11)13(17)16(2)8-5-9-18-3/h6-7H,4-5,8-9H2,1-3H3. The molecule has 5 nitrogen and oxygen atoms in total. The van der Waals surface area contributed by atoms with Crippen LogP contribution >= 0.6 is 11.6 Å². The van der Waals surface area contributed by atoms with Crippen LogP contribution < -0.4 is 4.74 Å². The first kappa shape index (κ1) is 15.7. The Labute approximate surface area is 118 Å². The molecule has 0 aliphatic rings. The van der Waals surface area contributed by atoms with Crippen molar-refractivity contribution in [2.75, 3.05) is 33.9 Å².